The topological polar surface area (TPSA) is 64.6 Å². The van der Waals surface area contributed by atoms with Crippen LogP contribution in [0.15, 0.2) is 54.6 Å². The highest BCUT2D eigenvalue weighted by Crippen LogP contribution is 2.17. The van der Waals surface area contributed by atoms with Crippen LogP contribution in [-0.2, 0) is 14.3 Å². The molecule has 0 saturated carbocycles. The number of carbonyl (C=O) groups is 2. The third-order valence-electron chi connectivity index (χ3n) is 4.09. The van der Waals surface area contributed by atoms with E-state index >= 15 is 0 Å². The van der Waals surface area contributed by atoms with Crippen molar-refractivity contribution in [2.24, 2.45) is 0 Å². The highest BCUT2D eigenvalue weighted by atomic mass is 19.3. The van der Waals surface area contributed by atoms with Gasteiger partial charge in [-0.25, -0.2) is 4.79 Å². The molecular formula is C22H23F2NO4. The number of esters is 1. The minimum Gasteiger partial charge on any atom is -0.452 e. The maximum atomic E-state index is 12.1. The van der Waals surface area contributed by atoms with Gasteiger partial charge in [-0.1, -0.05) is 48.9 Å². The molecule has 1 atom stereocenters. The molecular weight excluding hydrogens is 380 g/mol. The van der Waals surface area contributed by atoms with E-state index in [2.05, 4.69) is 10.1 Å². The smallest absolute Gasteiger partial charge is 0.387 e. The molecule has 1 N–H and O–H groups in total. The van der Waals surface area contributed by atoms with Crippen LogP contribution in [0.5, 0.6) is 5.75 Å². The van der Waals surface area contributed by atoms with Crippen LogP contribution in [0.25, 0.3) is 6.08 Å². The lowest BCUT2D eigenvalue weighted by Gasteiger charge is -2.17. The Kier molecular flexibility index (Phi) is 8.33. The Balaban J connectivity index is 1.80. The predicted octanol–water partition coefficient (Wildman–Crippen LogP) is 4.42. The van der Waals surface area contributed by atoms with Gasteiger partial charge in [-0.3, -0.25) is 4.79 Å². The summed E-state index contributed by atoms with van der Waals surface area (Å²) in [6, 6.07) is 13.4. The van der Waals surface area contributed by atoms with Crippen LogP contribution < -0.4 is 10.1 Å². The molecule has 5 nitrogen and oxygen atoms in total. The van der Waals surface area contributed by atoms with Gasteiger partial charge in [-0.05, 0) is 42.7 Å². The first-order valence-electron chi connectivity index (χ1n) is 9.13. The van der Waals surface area contributed by atoms with Crippen LogP contribution in [0, 0.1) is 6.92 Å². The molecule has 2 aromatic rings. The van der Waals surface area contributed by atoms with E-state index in [1.54, 1.807) is 0 Å². The van der Waals surface area contributed by atoms with Crippen LogP contribution in [-0.4, -0.2) is 25.1 Å². The van der Waals surface area contributed by atoms with Gasteiger partial charge in [-0.2, -0.15) is 8.78 Å². The molecule has 1 amide bonds. The molecule has 0 aliphatic carbocycles. The van der Waals surface area contributed by atoms with Gasteiger partial charge in [0, 0.05) is 6.08 Å². The Morgan fingerprint density at radius 3 is 2.31 bits per heavy atom. The van der Waals surface area contributed by atoms with Gasteiger partial charge in [0.05, 0.1) is 6.04 Å². The van der Waals surface area contributed by atoms with Crippen LogP contribution >= 0.6 is 0 Å². The first kappa shape index (κ1) is 22.1. The average Bonchev–Trinajstić information content (AvgIpc) is 2.70. The molecule has 0 aliphatic rings. The van der Waals surface area contributed by atoms with E-state index in [0.29, 0.717) is 12.0 Å². The fourth-order valence-corrected chi connectivity index (χ4v) is 2.57. The van der Waals surface area contributed by atoms with Crippen molar-refractivity contribution in [1.82, 2.24) is 5.32 Å². The fourth-order valence-electron chi connectivity index (χ4n) is 2.57. The lowest BCUT2D eigenvalue weighted by molar-refractivity contribution is -0.144. The van der Waals surface area contributed by atoms with Crippen molar-refractivity contribution < 1.29 is 27.8 Å². The third-order valence-corrected chi connectivity index (χ3v) is 4.09. The second-order valence-electron chi connectivity index (χ2n) is 6.33. The summed E-state index contributed by atoms with van der Waals surface area (Å²) in [7, 11) is 0. The summed E-state index contributed by atoms with van der Waals surface area (Å²) in [6.07, 6.45) is 3.31. The zero-order valence-corrected chi connectivity index (χ0v) is 16.2. The Morgan fingerprint density at radius 1 is 1.07 bits per heavy atom. The van der Waals surface area contributed by atoms with Crippen LogP contribution in [0.4, 0.5) is 8.78 Å². The van der Waals surface area contributed by atoms with Gasteiger partial charge < -0.3 is 14.8 Å². The average molecular weight is 403 g/mol. The summed E-state index contributed by atoms with van der Waals surface area (Å²) in [5, 5.41) is 2.84. The van der Waals surface area contributed by atoms with E-state index in [0.717, 1.165) is 17.2 Å². The number of rotatable bonds is 9. The molecule has 0 radical (unpaired) electrons. The van der Waals surface area contributed by atoms with Gasteiger partial charge in [0.1, 0.15) is 5.75 Å². The number of alkyl halides is 2. The first-order valence-corrected chi connectivity index (χ1v) is 9.13. The van der Waals surface area contributed by atoms with Crippen molar-refractivity contribution in [3.8, 4) is 5.75 Å². The minimum atomic E-state index is -2.89. The Hall–Kier alpha value is -3.22. The second kappa shape index (κ2) is 10.9. The lowest BCUT2D eigenvalue weighted by Crippen LogP contribution is -2.32. The number of hydrogen-bond donors (Lipinski definition) is 1. The second-order valence-corrected chi connectivity index (χ2v) is 6.33. The number of carbonyl (C=O) groups excluding carboxylic acids is 2. The number of halogens is 2. The van der Waals surface area contributed by atoms with Crippen molar-refractivity contribution in [3.63, 3.8) is 0 Å². The van der Waals surface area contributed by atoms with Crippen LogP contribution in [0.2, 0.25) is 0 Å². The highest BCUT2D eigenvalue weighted by molar-refractivity contribution is 5.89. The standard InChI is InChI=1S/C22H23F2NO4/c1-3-19(17-9-4-15(2)5-10-17)25-20(26)14-28-21(27)13-8-16-6-11-18(12-7-16)29-22(23)24/h4-13,19,22H,3,14H2,1-2H3,(H,25,26)/b13-8+/t19-/m0/s1. The van der Waals surface area contributed by atoms with E-state index in [9.17, 15) is 18.4 Å². The number of amides is 1. The molecule has 7 heteroatoms. The molecule has 2 aromatic carbocycles. The number of hydrogen-bond acceptors (Lipinski definition) is 4. The van der Waals surface area contributed by atoms with Crippen molar-refractivity contribution >= 4 is 18.0 Å². The van der Waals surface area contributed by atoms with Crippen molar-refractivity contribution in [1.29, 1.82) is 0 Å². The molecule has 0 unspecified atom stereocenters. The molecule has 0 spiro atoms. The summed E-state index contributed by atoms with van der Waals surface area (Å²) < 4.78 is 33.4. The van der Waals surface area contributed by atoms with Gasteiger partial charge >= 0.3 is 12.6 Å². The summed E-state index contributed by atoms with van der Waals surface area (Å²) in [5.41, 5.74) is 2.71. The van der Waals surface area contributed by atoms with Gasteiger partial charge in [0.15, 0.2) is 6.61 Å². The monoisotopic (exact) mass is 403 g/mol. The normalized spacial score (nSPS) is 12.0. The molecule has 0 fully saturated rings. The zero-order chi connectivity index (χ0) is 21.2. The van der Waals surface area contributed by atoms with E-state index in [1.807, 2.05) is 38.1 Å². The van der Waals surface area contributed by atoms with Crippen molar-refractivity contribution in [2.75, 3.05) is 6.61 Å². The molecule has 0 saturated heterocycles. The molecule has 0 bridgehead atoms. The van der Waals surface area contributed by atoms with E-state index in [4.69, 9.17) is 4.74 Å². The molecule has 0 aromatic heterocycles. The summed E-state index contributed by atoms with van der Waals surface area (Å²) in [4.78, 5) is 23.9. The Bertz CT molecular complexity index is 833. The van der Waals surface area contributed by atoms with Crippen molar-refractivity contribution in [2.45, 2.75) is 32.9 Å². The van der Waals surface area contributed by atoms with E-state index < -0.39 is 25.1 Å². The maximum Gasteiger partial charge on any atom is 0.387 e. The van der Waals surface area contributed by atoms with Crippen LogP contribution in [0.1, 0.15) is 36.1 Å². The first-order chi connectivity index (χ1) is 13.9. The lowest BCUT2D eigenvalue weighted by atomic mass is 10.0. The molecule has 154 valence electrons. The zero-order valence-electron chi connectivity index (χ0n) is 16.2. The van der Waals surface area contributed by atoms with Crippen LogP contribution in [0.3, 0.4) is 0 Å². The quantitative estimate of drug-likeness (QED) is 0.497. The summed E-state index contributed by atoms with van der Waals surface area (Å²) in [6.45, 7) is 0.655. The third kappa shape index (κ3) is 7.73. The number of ether oxygens (including phenoxy) is 2. The van der Waals surface area contributed by atoms with Crippen molar-refractivity contribution in [3.05, 3.63) is 71.3 Å². The van der Waals surface area contributed by atoms with Gasteiger partial charge in [0.2, 0.25) is 0 Å². The molecule has 0 aliphatic heterocycles. The SMILES string of the molecule is CC[C@H](NC(=O)COC(=O)/C=C/c1ccc(OC(F)F)cc1)c1ccc(C)cc1. The Labute approximate surface area is 168 Å². The largest absolute Gasteiger partial charge is 0.452 e. The summed E-state index contributed by atoms with van der Waals surface area (Å²) in [5.74, 6) is -1.06. The maximum absolute atomic E-state index is 12.1. The number of nitrogens with one attached hydrogen (secondary N) is 1. The number of aryl methyl sites for hydroxylation is 1. The van der Waals surface area contributed by atoms with Gasteiger partial charge in [-0.15, -0.1) is 0 Å². The van der Waals surface area contributed by atoms with E-state index in [-0.39, 0.29) is 11.8 Å². The predicted molar refractivity (Wildman–Crippen MR) is 105 cm³/mol. The van der Waals surface area contributed by atoms with E-state index in [1.165, 1.54) is 30.3 Å². The Morgan fingerprint density at radius 2 is 1.72 bits per heavy atom. The summed E-state index contributed by atoms with van der Waals surface area (Å²) >= 11 is 0. The number of benzene rings is 2. The minimum absolute atomic E-state index is 0.0236. The molecule has 29 heavy (non-hydrogen) atoms. The molecule has 2 rings (SSSR count). The molecule has 0 heterocycles. The van der Waals surface area contributed by atoms with Gasteiger partial charge in [0.25, 0.3) is 5.91 Å². The highest BCUT2D eigenvalue weighted by Gasteiger charge is 2.13. The fraction of sp³-hybridized carbons (Fsp3) is 0.273.